The highest BCUT2D eigenvalue weighted by Gasteiger charge is 2.33. The summed E-state index contributed by atoms with van der Waals surface area (Å²) in [5.41, 5.74) is 0.247. The van der Waals surface area contributed by atoms with E-state index in [4.69, 9.17) is 0 Å². The third-order valence-electron chi connectivity index (χ3n) is 3.45. The van der Waals surface area contributed by atoms with Crippen LogP contribution in [0, 0.1) is 13.8 Å². The van der Waals surface area contributed by atoms with E-state index in [1.54, 1.807) is 6.07 Å². The van der Waals surface area contributed by atoms with E-state index in [1.807, 2.05) is 13.8 Å². The van der Waals surface area contributed by atoms with Gasteiger partial charge in [-0.3, -0.25) is 0 Å². The Labute approximate surface area is 128 Å². The Balaban J connectivity index is 2.12. The van der Waals surface area contributed by atoms with Crippen molar-refractivity contribution in [2.45, 2.75) is 20.0 Å². The third-order valence-corrected chi connectivity index (χ3v) is 4.57. The summed E-state index contributed by atoms with van der Waals surface area (Å²) in [6, 6.07) is 5.36. The summed E-state index contributed by atoms with van der Waals surface area (Å²) in [4.78, 5) is 10.1. The van der Waals surface area contributed by atoms with Crippen molar-refractivity contribution in [3.8, 4) is 0 Å². The van der Waals surface area contributed by atoms with Crippen LogP contribution in [0.25, 0.3) is 10.2 Å². The molecule has 0 aliphatic rings. The molecule has 0 radical (unpaired) electrons. The van der Waals surface area contributed by atoms with Gasteiger partial charge in [-0.15, -0.1) is 11.3 Å². The molecule has 0 aliphatic heterocycles. The maximum Gasteiger partial charge on any atom is 0.418 e. The van der Waals surface area contributed by atoms with Crippen LogP contribution in [0.2, 0.25) is 0 Å². The lowest BCUT2D eigenvalue weighted by Gasteiger charge is -2.14. The Bertz CT molecular complexity index is 840. The maximum absolute atomic E-state index is 13.1. The molecule has 0 saturated heterocycles. The van der Waals surface area contributed by atoms with E-state index in [0.29, 0.717) is 5.82 Å². The molecular weight excluding hydrogens is 311 g/mol. The van der Waals surface area contributed by atoms with Gasteiger partial charge in [0.05, 0.1) is 16.6 Å². The second-order valence-electron chi connectivity index (χ2n) is 4.85. The van der Waals surface area contributed by atoms with Gasteiger partial charge in [-0.2, -0.15) is 13.2 Å². The summed E-state index contributed by atoms with van der Waals surface area (Å²) in [5, 5.41) is 3.58. The van der Waals surface area contributed by atoms with Crippen LogP contribution >= 0.6 is 11.3 Å². The van der Waals surface area contributed by atoms with Crippen molar-refractivity contribution in [1.82, 2.24) is 9.97 Å². The molecule has 0 bridgehead atoms. The molecule has 1 N–H and O–H groups in total. The zero-order valence-electron chi connectivity index (χ0n) is 11.8. The number of aromatic nitrogens is 2. The van der Waals surface area contributed by atoms with Crippen molar-refractivity contribution in [3.05, 3.63) is 46.6 Å². The molecule has 2 heterocycles. The van der Waals surface area contributed by atoms with Gasteiger partial charge in [-0.1, -0.05) is 12.1 Å². The minimum Gasteiger partial charge on any atom is -0.339 e. The first kappa shape index (κ1) is 14.8. The quantitative estimate of drug-likeness (QED) is 0.715. The maximum atomic E-state index is 13.1. The third kappa shape index (κ3) is 2.52. The number of benzene rings is 1. The molecule has 114 valence electrons. The molecule has 0 atom stereocenters. The first-order valence-corrected chi connectivity index (χ1v) is 7.33. The molecule has 3 nitrogen and oxygen atoms in total. The van der Waals surface area contributed by atoms with Crippen molar-refractivity contribution in [2.75, 3.05) is 5.32 Å². The van der Waals surface area contributed by atoms with Crippen LogP contribution in [0.15, 0.2) is 30.6 Å². The van der Waals surface area contributed by atoms with Crippen LogP contribution in [-0.4, -0.2) is 9.97 Å². The molecule has 1 aromatic carbocycles. The van der Waals surface area contributed by atoms with Gasteiger partial charge >= 0.3 is 6.18 Å². The van der Waals surface area contributed by atoms with E-state index >= 15 is 0 Å². The predicted molar refractivity (Wildman–Crippen MR) is 81.6 cm³/mol. The number of nitrogens with zero attached hydrogens (tertiary/aromatic N) is 2. The lowest BCUT2D eigenvalue weighted by atomic mass is 10.1. The van der Waals surface area contributed by atoms with Gasteiger partial charge in [0.25, 0.3) is 0 Å². The van der Waals surface area contributed by atoms with Crippen molar-refractivity contribution in [1.29, 1.82) is 0 Å². The first-order chi connectivity index (χ1) is 10.4. The summed E-state index contributed by atoms with van der Waals surface area (Å²) in [6.45, 7) is 3.87. The molecule has 3 rings (SSSR count). The van der Waals surface area contributed by atoms with Crippen LogP contribution in [0.5, 0.6) is 0 Å². The van der Waals surface area contributed by atoms with Gasteiger partial charge in [0.2, 0.25) is 0 Å². The molecule has 0 aliphatic carbocycles. The number of hydrogen-bond donors (Lipinski definition) is 1. The Morgan fingerprint density at radius 1 is 1.09 bits per heavy atom. The highest BCUT2D eigenvalue weighted by atomic mass is 32.1. The minimum absolute atomic E-state index is 0.0155. The summed E-state index contributed by atoms with van der Waals surface area (Å²) in [5.74, 6) is 0.392. The predicted octanol–water partition coefficient (Wildman–Crippen LogP) is 5.07. The fourth-order valence-corrected chi connectivity index (χ4v) is 3.24. The topological polar surface area (TPSA) is 37.8 Å². The number of halogens is 3. The van der Waals surface area contributed by atoms with Crippen molar-refractivity contribution in [2.24, 2.45) is 0 Å². The average molecular weight is 323 g/mol. The van der Waals surface area contributed by atoms with Crippen molar-refractivity contribution >= 4 is 33.1 Å². The van der Waals surface area contributed by atoms with E-state index < -0.39 is 11.7 Å². The normalized spacial score (nSPS) is 11.9. The molecule has 0 amide bonds. The molecule has 22 heavy (non-hydrogen) atoms. The average Bonchev–Trinajstić information content (AvgIpc) is 2.75. The standard InChI is InChI=1S/C15H12F3N3S/c1-8-9(2)22-14-12(8)13(19-7-20-14)21-11-6-4-3-5-10(11)15(16,17)18/h3-7H,1-2H3,(H,19,20,21). The fourth-order valence-electron chi connectivity index (χ4n) is 2.24. The number of rotatable bonds is 2. The van der Waals surface area contributed by atoms with Crippen molar-refractivity contribution in [3.63, 3.8) is 0 Å². The molecule has 3 aromatic rings. The summed E-state index contributed by atoms with van der Waals surface area (Å²) >= 11 is 1.50. The van der Waals surface area contributed by atoms with Gasteiger partial charge < -0.3 is 5.32 Å². The van der Waals surface area contributed by atoms with E-state index in [-0.39, 0.29) is 5.69 Å². The molecule has 0 saturated carbocycles. The highest BCUT2D eigenvalue weighted by molar-refractivity contribution is 7.18. The zero-order chi connectivity index (χ0) is 15.9. The molecule has 0 spiro atoms. The molecular formula is C15H12F3N3S. The smallest absolute Gasteiger partial charge is 0.339 e. The van der Waals surface area contributed by atoms with Gasteiger partial charge in [0, 0.05) is 4.88 Å². The van der Waals surface area contributed by atoms with Gasteiger partial charge in [-0.05, 0) is 31.5 Å². The second-order valence-corrected chi connectivity index (χ2v) is 6.06. The first-order valence-electron chi connectivity index (χ1n) is 6.52. The van der Waals surface area contributed by atoms with Crippen LogP contribution in [0.3, 0.4) is 0 Å². The number of alkyl halides is 3. The molecule has 7 heteroatoms. The van der Waals surface area contributed by atoms with Crippen molar-refractivity contribution < 1.29 is 13.2 Å². The molecule has 0 fully saturated rings. The lowest BCUT2D eigenvalue weighted by Crippen LogP contribution is -2.09. The monoisotopic (exact) mass is 323 g/mol. The number of anilines is 2. The Morgan fingerprint density at radius 2 is 1.82 bits per heavy atom. The number of fused-ring (bicyclic) bond motifs is 1. The summed E-state index contributed by atoms with van der Waals surface area (Å²) in [7, 11) is 0. The summed E-state index contributed by atoms with van der Waals surface area (Å²) < 4.78 is 39.2. The number of para-hydroxylation sites is 1. The van der Waals surface area contributed by atoms with Crippen LogP contribution in [0.4, 0.5) is 24.7 Å². The molecule has 0 unspecified atom stereocenters. The van der Waals surface area contributed by atoms with Gasteiger partial charge in [0.1, 0.15) is 17.0 Å². The van der Waals surface area contributed by atoms with E-state index in [2.05, 4.69) is 15.3 Å². The van der Waals surface area contributed by atoms with E-state index in [0.717, 1.165) is 26.7 Å². The van der Waals surface area contributed by atoms with E-state index in [9.17, 15) is 13.2 Å². The SMILES string of the molecule is Cc1sc2ncnc(Nc3ccccc3C(F)(F)F)c2c1C. The summed E-state index contributed by atoms with van der Waals surface area (Å²) in [6.07, 6.45) is -3.06. The van der Waals surface area contributed by atoms with Gasteiger partial charge in [0.15, 0.2) is 0 Å². The van der Waals surface area contributed by atoms with Crippen LogP contribution < -0.4 is 5.32 Å². The zero-order valence-corrected chi connectivity index (χ0v) is 12.6. The lowest BCUT2D eigenvalue weighted by molar-refractivity contribution is -0.136. The van der Waals surface area contributed by atoms with Gasteiger partial charge in [-0.25, -0.2) is 9.97 Å². The Kier molecular flexibility index (Phi) is 3.52. The Morgan fingerprint density at radius 3 is 2.55 bits per heavy atom. The Hall–Kier alpha value is -2.15. The number of hydrogen-bond acceptors (Lipinski definition) is 4. The number of thiophene rings is 1. The molecule has 2 aromatic heterocycles. The highest BCUT2D eigenvalue weighted by Crippen LogP contribution is 2.38. The number of nitrogens with one attached hydrogen (secondary N) is 1. The van der Waals surface area contributed by atoms with Crippen LogP contribution in [0.1, 0.15) is 16.0 Å². The number of aryl methyl sites for hydroxylation is 2. The van der Waals surface area contributed by atoms with E-state index in [1.165, 1.54) is 29.8 Å². The largest absolute Gasteiger partial charge is 0.418 e. The minimum atomic E-state index is -4.42. The second kappa shape index (κ2) is 5.24. The fraction of sp³-hybridized carbons (Fsp3) is 0.200. The van der Waals surface area contributed by atoms with Crippen LogP contribution in [-0.2, 0) is 6.18 Å².